The lowest BCUT2D eigenvalue weighted by Crippen LogP contribution is -2.30. The highest BCUT2D eigenvalue weighted by molar-refractivity contribution is 7.99. The molecule has 136 valence electrons. The molecule has 1 aromatic carbocycles. The van der Waals surface area contributed by atoms with Gasteiger partial charge in [0.05, 0.1) is 17.8 Å². The standard InChI is InChI=1S/C17H16ClN3O3S2/c1-21-16(23)15-13(6-9-25-15)20-17(21)26-10-14(22)19-7-8-24-12-4-2-11(18)3-5-12/h2-6,9H,7-8,10H2,1H3,(H,19,22). The number of benzene rings is 1. The van der Waals surface area contributed by atoms with Crippen LogP contribution in [0.25, 0.3) is 10.2 Å². The van der Waals surface area contributed by atoms with Crippen LogP contribution in [0.3, 0.4) is 0 Å². The van der Waals surface area contributed by atoms with E-state index in [9.17, 15) is 9.59 Å². The summed E-state index contributed by atoms with van der Waals surface area (Å²) in [5.74, 6) is 0.729. The summed E-state index contributed by atoms with van der Waals surface area (Å²) < 4.78 is 7.61. The number of hydrogen-bond acceptors (Lipinski definition) is 6. The second kappa shape index (κ2) is 8.57. The van der Waals surface area contributed by atoms with E-state index in [0.717, 1.165) is 0 Å². The van der Waals surface area contributed by atoms with Gasteiger partial charge in [-0.25, -0.2) is 4.98 Å². The van der Waals surface area contributed by atoms with Gasteiger partial charge in [0.2, 0.25) is 5.91 Å². The zero-order valence-corrected chi connectivity index (χ0v) is 16.3. The fourth-order valence-electron chi connectivity index (χ4n) is 2.17. The Bertz CT molecular complexity index is 970. The van der Waals surface area contributed by atoms with Crippen molar-refractivity contribution in [3.63, 3.8) is 0 Å². The first-order chi connectivity index (χ1) is 12.5. The predicted molar refractivity (Wildman–Crippen MR) is 106 cm³/mol. The molecule has 26 heavy (non-hydrogen) atoms. The first-order valence-electron chi connectivity index (χ1n) is 7.76. The number of thioether (sulfide) groups is 1. The van der Waals surface area contributed by atoms with Crippen LogP contribution in [0.4, 0.5) is 0 Å². The highest BCUT2D eigenvalue weighted by Crippen LogP contribution is 2.20. The van der Waals surface area contributed by atoms with E-state index in [1.807, 2.05) is 5.38 Å². The topological polar surface area (TPSA) is 73.2 Å². The van der Waals surface area contributed by atoms with Crippen LogP contribution in [-0.2, 0) is 11.8 Å². The van der Waals surface area contributed by atoms with E-state index >= 15 is 0 Å². The number of aromatic nitrogens is 2. The molecule has 0 radical (unpaired) electrons. The number of halogens is 1. The monoisotopic (exact) mass is 409 g/mol. The predicted octanol–water partition coefficient (Wildman–Crippen LogP) is 2.94. The molecule has 2 aromatic heterocycles. The van der Waals surface area contributed by atoms with Gasteiger partial charge in [0, 0.05) is 12.1 Å². The van der Waals surface area contributed by atoms with E-state index < -0.39 is 0 Å². The number of carbonyl (C=O) groups excluding carboxylic acids is 1. The molecule has 1 N–H and O–H groups in total. The molecule has 0 spiro atoms. The maximum Gasteiger partial charge on any atom is 0.271 e. The van der Waals surface area contributed by atoms with Crippen LogP contribution in [0.1, 0.15) is 0 Å². The SMILES string of the molecule is Cn1c(SCC(=O)NCCOc2ccc(Cl)cc2)nc2ccsc2c1=O. The maximum atomic E-state index is 12.2. The molecule has 0 fully saturated rings. The van der Waals surface area contributed by atoms with Gasteiger partial charge in [-0.1, -0.05) is 23.4 Å². The van der Waals surface area contributed by atoms with Gasteiger partial charge in [0.25, 0.3) is 5.56 Å². The maximum absolute atomic E-state index is 12.2. The molecule has 0 aliphatic carbocycles. The lowest BCUT2D eigenvalue weighted by Gasteiger charge is -2.09. The third-order valence-corrected chi connectivity index (χ3v) is 5.66. The molecular weight excluding hydrogens is 394 g/mol. The number of nitrogens with zero attached hydrogens (tertiary/aromatic N) is 2. The molecule has 1 amide bonds. The van der Waals surface area contributed by atoms with Gasteiger partial charge in [-0.15, -0.1) is 11.3 Å². The Balaban J connectivity index is 1.46. The van der Waals surface area contributed by atoms with Crippen LogP contribution >= 0.6 is 34.7 Å². The first-order valence-corrected chi connectivity index (χ1v) is 10.0. The molecule has 0 atom stereocenters. The first kappa shape index (κ1) is 18.8. The van der Waals surface area contributed by atoms with Crippen LogP contribution in [0, 0.1) is 0 Å². The molecule has 9 heteroatoms. The summed E-state index contributed by atoms with van der Waals surface area (Å²) in [6.45, 7) is 0.744. The summed E-state index contributed by atoms with van der Waals surface area (Å²) in [6, 6.07) is 8.83. The third-order valence-electron chi connectivity index (χ3n) is 3.49. The highest BCUT2D eigenvalue weighted by Gasteiger charge is 2.11. The second-order valence-electron chi connectivity index (χ2n) is 5.33. The van der Waals surface area contributed by atoms with Crippen molar-refractivity contribution in [2.24, 2.45) is 7.05 Å². The van der Waals surface area contributed by atoms with Crippen molar-refractivity contribution in [2.75, 3.05) is 18.9 Å². The Morgan fingerprint density at radius 1 is 1.35 bits per heavy atom. The summed E-state index contributed by atoms with van der Waals surface area (Å²) >= 11 is 8.41. The smallest absolute Gasteiger partial charge is 0.271 e. The summed E-state index contributed by atoms with van der Waals surface area (Å²) in [4.78, 5) is 28.6. The zero-order chi connectivity index (χ0) is 18.5. The molecular formula is C17H16ClN3O3S2. The molecule has 0 aliphatic rings. The van der Waals surface area contributed by atoms with E-state index in [0.29, 0.717) is 39.3 Å². The minimum atomic E-state index is -0.144. The van der Waals surface area contributed by atoms with Gasteiger partial charge >= 0.3 is 0 Å². The summed E-state index contributed by atoms with van der Waals surface area (Å²) in [7, 11) is 1.66. The minimum Gasteiger partial charge on any atom is -0.492 e. The van der Waals surface area contributed by atoms with Crippen LogP contribution in [0.15, 0.2) is 45.7 Å². The number of nitrogens with one attached hydrogen (secondary N) is 1. The third kappa shape index (κ3) is 4.57. The number of hydrogen-bond donors (Lipinski definition) is 1. The Morgan fingerprint density at radius 3 is 2.88 bits per heavy atom. The van der Waals surface area contributed by atoms with E-state index in [1.54, 1.807) is 37.4 Å². The lowest BCUT2D eigenvalue weighted by atomic mass is 10.3. The Labute approximate surface area is 163 Å². The van der Waals surface area contributed by atoms with Crippen molar-refractivity contribution >= 4 is 50.8 Å². The highest BCUT2D eigenvalue weighted by atomic mass is 35.5. The molecule has 0 unspecified atom stereocenters. The number of rotatable bonds is 7. The van der Waals surface area contributed by atoms with Crippen LogP contribution in [0.2, 0.25) is 5.02 Å². The number of ether oxygens (including phenoxy) is 1. The number of thiophene rings is 1. The van der Waals surface area contributed by atoms with Gasteiger partial charge in [-0.2, -0.15) is 0 Å². The molecule has 2 heterocycles. The molecule has 3 aromatic rings. The second-order valence-corrected chi connectivity index (χ2v) is 7.63. The van der Waals surface area contributed by atoms with Gasteiger partial charge in [-0.3, -0.25) is 14.2 Å². The van der Waals surface area contributed by atoms with Crippen molar-refractivity contribution in [1.29, 1.82) is 0 Å². The van der Waals surface area contributed by atoms with Gasteiger partial charge < -0.3 is 10.1 Å². The minimum absolute atomic E-state index is 0.0933. The quantitative estimate of drug-likeness (QED) is 0.369. The molecule has 0 bridgehead atoms. The van der Waals surface area contributed by atoms with E-state index in [1.165, 1.54) is 27.7 Å². The van der Waals surface area contributed by atoms with E-state index in [4.69, 9.17) is 16.3 Å². The van der Waals surface area contributed by atoms with Crippen molar-refractivity contribution in [3.8, 4) is 5.75 Å². The van der Waals surface area contributed by atoms with Gasteiger partial charge in [0.15, 0.2) is 5.16 Å². The van der Waals surface area contributed by atoms with Crippen LogP contribution in [-0.4, -0.2) is 34.4 Å². The Kier molecular flexibility index (Phi) is 6.18. The fourth-order valence-corrected chi connectivity index (χ4v) is 3.90. The summed E-state index contributed by atoms with van der Waals surface area (Å²) in [6.07, 6.45) is 0. The Morgan fingerprint density at radius 2 is 2.12 bits per heavy atom. The number of carbonyl (C=O) groups is 1. The van der Waals surface area contributed by atoms with Crippen LogP contribution in [0.5, 0.6) is 5.75 Å². The van der Waals surface area contributed by atoms with E-state index in [2.05, 4.69) is 10.3 Å². The van der Waals surface area contributed by atoms with E-state index in [-0.39, 0.29) is 17.2 Å². The Hall–Kier alpha value is -2.03. The molecule has 0 saturated heterocycles. The normalized spacial score (nSPS) is 10.8. The van der Waals surface area contributed by atoms with Gasteiger partial charge in [-0.05, 0) is 35.7 Å². The zero-order valence-electron chi connectivity index (χ0n) is 13.9. The number of fused-ring (bicyclic) bond motifs is 1. The fraction of sp³-hybridized carbons (Fsp3) is 0.235. The molecule has 3 rings (SSSR count). The molecule has 6 nitrogen and oxygen atoms in total. The molecule has 0 aliphatic heterocycles. The molecule has 0 saturated carbocycles. The average molecular weight is 410 g/mol. The van der Waals surface area contributed by atoms with Gasteiger partial charge in [0.1, 0.15) is 17.1 Å². The summed E-state index contributed by atoms with van der Waals surface area (Å²) in [5, 5.41) is 5.78. The van der Waals surface area contributed by atoms with Crippen molar-refractivity contribution in [3.05, 3.63) is 51.1 Å². The largest absolute Gasteiger partial charge is 0.492 e. The lowest BCUT2D eigenvalue weighted by molar-refractivity contribution is -0.118. The van der Waals surface area contributed by atoms with Crippen molar-refractivity contribution in [2.45, 2.75) is 5.16 Å². The summed E-state index contributed by atoms with van der Waals surface area (Å²) in [5.41, 5.74) is 0.571. The van der Waals surface area contributed by atoms with Crippen molar-refractivity contribution in [1.82, 2.24) is 14.9 Å². The van der Waals surface area contributed by atoms with Crippen molar-refractivity contribution < 1.29 is 9.53 Å². The van der Waals surface area contributed by atoms with Crippen LogP contribution < -0.4 is 15.6 Å². The number of amides is 1. The average Bonchev–Trinajstić information content (AvgIpc) is 3.11.